The first kappa shape index (κ1) is 11.8. The van der Waals surface area contributed by atoms with Crippen molar-refractivity contribution in [1.82, 2.24) is 14.5 Å². The molecule has 3 aromatic rings. The van der Waals surface area contributed by atoms with Crippen LogP contribution in [-0.2, 0) is 0 Å². The number of carbonyl (C=O) groups excluding carboxylic acids is 1. The molecule has 2 aromatic heterocycles. The predicted molar refractivity (Wildman–Crippen MR) is 75.1 cm³/mol. The highest BCUT2D eigenvalue weighted by Gasteiger charge is 2.30. The van der Waals surface area contributed by atoms with Crippen LogP contribution in [0.3, 0.4) is 0 Å². The molecular weight excluding hydrogens is 270 g/mol. The third-order valence-electron chi connectivity index (χ3n) is 3.56. The Labute approximate surface area is 118 Å². The Morgan fingerprint density at radius 3 is 2.86 bits per heavy atom. The molecule has 1 aliphatic rings. The fourth-order valence-corrected chi connectivity index (χ4v) is 2.55. The van der Waals surface area contributed by atoms with Crippen molar-refractivity contribution >= 4 is 16.7 Å². The van der Waals surface area contributed by atoms with E-state index < -0.39 is 0 Å². The fraction of sp³-hybridized carbons (Fsp3) is 0.0667. The highest BCUT2D eigenvalue weighted by Crippen LogP contribution is 2.29. The number of fused-ring (bicyclic) bond motifs is 4. The molecule has 21 heavy (non-hydrogen) atoms. The monoisotopic (exact) mass is 279 g/mol. The van der Waals surface area contributed by atoms with Gasteiger partial charge < -0.3 is 4.74 Å². The summed E-state index contributed by atoms with van der Waals surface area (Å²) in [6, 6.07) is 6.63. The molecular formula is C15H9N3O3. The van der Waals surface area contributed by atoms with E-state index in [0.29, 0.717) is 27.9 Å². The number of hydrogen-bond acceptors (Lipinski definition) is 5. The van der Waals surface area contributed by atoms with Crippen LogP contribution in [0.1, 0.15) is 16.2 Å². The molecule has 102 valence electrons. The van der Waals surface area contributed by atoms with Gasteiger partial charge in [0, 0.05) is 6.20 Å². The van der Waals surface area contributed by atoms with Gasteiger partial charge in [-0.05, 0) is 24.3 Å². The van der Waals surface area contributed by atoms with Crippen LogP contribution in [0.5, 0.6) is 5.75 Å². The maximum atomic E-state index is 12.6. The number of methoxy groups -OCH3 is 1. The molecule has 0 spiro atoms. The van der Waals surface area contributed by atoms with Gasteiger partial charge in [-0.1, -0.05) is 0 Å². The summed E-state index contributed by atoms with van der Waals surface area (Å²) >= 11 is 0. The van der Waals surface area contributed by atoms with E-state index in [4.69, 9.17) is 4.74 Å². The quantitative estimate of drug-likeness (QED) is 0.525. The highest BCUT2D eigenvalue weighted by atomic mass is 16.5. The molecule has 0 N–H and O–H groups in total. The average Bonchev–Trinajstić information content (AvgIpc) is 2.80. The van der Waals surface area contributed by atoms with Crippen molar-refractivity contribution < 1.29 is 9.53 Å². The topological polar surface area (TPSA) is 74.1 Å². The number of nitrogens with zero attached hydrogens (tertiary/aromatic N) is 3. The Hall–Kier alpha value is -3.02. The van der Waals surface area contributed by atoms with E-state index in [2.05, 4.69) is 9.97 Å². The summed E-state index contributed by atoms with van der Waals surface area (Å²) in [6.07, 6.45) is 3.01. The van der Waals surface area contributed by atoms with Crippen LogP contribution in [-0.4, -0.2) is 27.4 Å². The SMILES string of the molecule is COc1ccc2c(c1)C(=O)c1nc3cnccc3c(=O)n1-2. The number of aromatic nitrogens is 3. The number of carbonyl (C=O) groups is 1. The van der Waals surface area contributed by atoms with Crippen LogP contribution >= 0.6 is 0 Å². The second-order valence-corrected chi connectivity index (χ2v) is 4.68. The molecule has 6 heteroatoms. The molecule has 1 aliphatic heterocycles. The summed E-state index contributed by atoms with van der Waals surface area (Å²) in [5, 5.41) is 0.435. The molecule has 1 aromatic carbocycles. The number of rotatable bonds is 1. The molecule has 0 bridgehead atoms. The van der Waals surface area contributed by atoms with E-state index >= 15 is 0 Å². The summed E-state index contributed by atoms with van der Waals surface area (Å²) in [4.78, 5) is 33.3. The number of ether oxygens (including phenoxy) is 1. The minimum absolute atomic E-state index is 0.115. The maximum absolute atomic E-state index is 12.6. The first-order chi connectivity index (χ1) is 10.2. The van der Waals surface area contributed by atoms with E-state index in [-0.39, 0.29) is 17.2 Å². The van der Waals surface area contributed by atoms with Crippen LogP contribution in [0.2, 0.25) is 0 Å². The van der Waals surface area contributed by atoms with Crippen LogP contribution in [0.4, 0.5) is 0 Å². The average molecular weight is 279 g/mol. The van der Waals surface area contributed by atoms with Gasteiger partial charge in [-0.25, -0.2) is 4.98 Å². The Balaban J connectivity index is 2.13. The normalized spacial score (nSPS) is 12.3. The van der Waals surface area contributed by atoms with Gasteiger partial charge in [0.25, 0.3) is 5.56 Å². The Kier molecular flexibility index (Phi) is 2.24. The van der Waals surface area contributed by atoms with Crippen LogP contribution in [0.15, 0.2) is 41.5 Å². The third-order valence-corrected chi connectivity index (χ3v) is 3.56. The molecule has 0 aliphatic carbocycles. The van der Waals surface area contributed by atoms with E-state index in [9.17, 15) is 9.59 Å². The van der Waals surface area contributed by atoms with Gasteiger partial charge in [-0.3, -0.25) is 19.1 Å². The summed E-state index contributed by atoms with van der Waals surface area (Å²) in [7, 11) is 1.53. The number of ketones is 1. The van der Waals surface area contributed by atoms with E-state index in [1.54, 1.807) is 24.3 Å². The van der Waals surface area contributed by atoms with Crippen molar-refractivity contribution in [3.8, 4) is 11.4 Å². The molecule has 0 atom stereocenters. The standard InChI is InChI=1S/C15H9N3O3/c1-21-8-2-3-12-10(6-8)13(19)14-17-11-7-16-5-4-9(11)15(20)18(12)14/h2-7H,1H3. The predicted octanol–water partition coefficient (Wildman–Crippen LogP) is 1.33. The van der Waals surface area contributed by atoms with Crippen molar-refractivity contribution in [1.29, 1.82) is 0 Å². The van der Waals surface area contributed by atoms with E-state index in [0.717, 1.165) is 0 Å². The van der Waals surface area contributed by atoms with Crippen molar-refractivity contribution in [3.05, 3.63) is 58.4 Å². The zero-order valence-electron chi connectivity index (χ0n) is 11.0. The molecule has 4 rings (SSSR count). The summed E-state index contributed by atoms with van der Waals surface area (Å²) in [5.74, 6) is 0.393. The minimum atomic E-state index is -0.285. The van der Waals surface area contributed by atoms with Crippen molar-refractivity contribution in [3.63, 3.8) is 0 Å². The van der Waals surface area contributed by atoms with Gasteiger partial charge in [0.05, 0.1) is 35.5 Å². The van der Waals surface area contributed by atoms with Gasteiger partial charge in [0.2, 0.25) is 5.78 Å². The lowest BCUT2D eigenvalue weighted by atomic mass is 10.1. The minimum Gasteiger partial charge on any atom is -0.497 e. The molecule has 0 saturated carbocycles. The van der Waals surface area contributed by atoms with Crippen LogP contribution in [0, 0.1) is 0 Å². The Bertz CT molecular complexity index is 976. The van der Waals surface area contributed by atoms with Crippen molar-refractivity contribution in [2.75, 3.05) is 7.11 Å². The zero-order chi connectivity index (χ0) is 14.6. The first-order valence-corrected chi connectivity index (χ1v) is 6.30. The fourth-order valence-electron chi connectivity index (χ4n) is 2.55. The summed E-state index contributed by atoms with van der Waals surface area (Å²) in [6.45, 7) is 0. The Morgan fingerprint density at radius 2 is 2.05 bits per heavy atom. The van der Waals surface area contributed by atoms with Gasteiger partial charge in [0.1, 0.15) is 5.75 Å². The van der Waals surface area contributed by atoms with Crippen LogP contribution in [0.25, 0.3) is 16.6 Å². The van der Waals surface area contributed by atoms with Gasteiger partial charge >= 0.3 is 0 Å². The molecule has 0 amide bonds. The number of pyridine rings is 1. The lowest BCUT2D eigenvalue weighted by Gasteiger charge is -2.05. The Morgan fingerprint density at radius 1 is 1.19 bits per heavy atom. The smallest absolute Gasteiger partial charge is 0.266 e. The number of benzene rings is 1. The molecule has 0 fully saturated rings. The summed E-state index contributed by atoms with van der Waals surface area (Å²) < 4.78 is 6.47. The van der Waals surface area contributed by atoms with Gasteiger partial charge in [-0.15, -0.1) is 0 Å². The van der Waals surface area contributed by atoms with Gasteiger partial charge in [0.15, 0.2) is 5.82 Å². The number of hydrogen-bond donors (Lipinski definition) is 0. The molecule has 0 radical (unpaired) electrons. The van der Waals surface area contributed by atoms with Crippen molar-refractivity contribution in [2.45, 2.75) is 0 Å². The lowest BCUT2D eigenvalue weighted by Crippen LogP contribution is -2.21. The lowest BCUT2D eigenvalue weighted by molar-refractivity contribution is 0.103. The maximum Gasteiger partial charge on any atom is 0.266 e. The second kappa shape index (κ2) is 3.99. The van der Waals surface area contributed by atoms with Gasteiger partial charge in [-0.2, -0.15) is 0 Å². The zero-order valence-corrected chi connectivity index (χ0v) is 11.0. The molecule has 6 nitrogen and oxygen atoms in total. The second-order valence-electron chi connectivity index (χ2n) is 4.68. The molecule has 0 unspecified atom stereocenters. The third kappa shape index (κ3) is 1.47. The van der Waals surface area contributed by atoms with E-state index in [1.165, 1.54) is 24.1 Å². The molecule has 0 saturated heterocycles. The summed E-state index contributed by atoms with van der Waals surface area (Å²) in [5.41, 5.74) is 1.10. The van der Waals surface area contributed by atoms with Crippen molar-refractivity contribution in [2.24, 2.45) is 0 Å². The van der Waals surface area contributed by atoms with Crippen LogP contribution < -0.4 is 10.3 Å². The first-order valence-electron chi connectivity index (χ1n) is 6.30. The largest absolute Gasteiger partial charge is 0.497 e. The van der Waals surface area contributed by atoms with E-state index in [1.807, 2.05) is 0 Å². The highest BCUT2D eigenvalue weighted by molar-refractivity contribution is 6.13. The molecule has 3 heterocycles.